The number of ether oxygens (including phenoxy) is 1. The maximum Gasteiger partial charge on any atom is 0.125 e. The SMILES string of the molecule is CCc1cc(Br)cc(C2(CN)CCCC2)c1OC. The van der Waals surface area contributed by atoms with E-state index in [-0.39, 0.29) is 5.41 Å². The van der Waals surface area contributed by atoms with Crippen LogP contribution in [0.3, 0.4) is 0 Å². The third kappa shape index (κ3) is 2.30. The van der Waals surface area contributed by atoms with E-state index in [1.807, 2.05) is 0 Å². The highest BCUT2D eigenvalue weighted by Crippen LogP contribution is 2.46. The number of nitrogens with two attached hydrogens (primary N) is 1. The lowest BCUT2D eigenvalue weighted by molar-refractivity contribution is 0.374. The molecule has 0 spiro atoms. The number of methoxy groups -OCH3 is 1. The summed E-state index contributed by atoms with van der Waals surface area (Å²) >= 11 is 3.62. The van der Waals surface area contributed by atoms with Crippen LogP contribution < -0.4 is 10.5 Å². The van der Waals surface area contributed by atoms with Crippen molar-refractivity contribution in [2.75, 3.05) is 13.7 Å². The third-order valence-corrected chi connectivity index (χ3v) is 4.70. The minimum Gasteiger partial charge on any atom is -0.496 e. The molecule has 1 aliphatic carbocycles. The number of hydrogen-bond donors (Lipinski definition) is 1. The smallest absolute Gasteiger partial charge is 0.125 e. The van der Waals surface area contributed by atoms with Crippen molar-refractivity contribution < 1.29 is 4.74 Å². The maximum absolute atomic E-state index is 6.10. The Morgan fingerprint density at radius 1 is 1.33 bits per heavy atom. The molecule has 0 bridgehead atoms. The van der Waals surface area contributed by atoms with E-state index >= 15 is 0 Å². The number of benzene rings is 1. The van der Waals surface area contributed by atoms with Crippen LogP contribution in [0.2, 0.25) is 0 Å². The van der Waals surface area contributed by atoms with Gasteiger partial charge in [-0.25, -0.2) is 0 Å². The van der Waals surface area contributed by atoms with Gasteiger partial charge in [-0.2, -0.15) is 0 Å². The molecule has 2 N–H and O–H groups in total. The summed E-state index contributed by atoms with van der Waals surface area (Å²) in [5.41, 5.74) is 8.79. The van der Waals surface area contributed by atoms with Crippen LogP contribution in [0.5, 0.6) is 5.75 Å². The normalized spacial score (nSPS) is 18.0. The molecule has 1 saturated carbocycles. The van der Waals surface area contributed by atoms with Gasteiger partial charge in [-0.1, -0.05) is 35.7 Å². The Labute approximate surface area is 118 Å². The first kappa shape index (κ1) is 13.9. The Kier molecular flexibility index (Phi) is 4.33. The Morgan fingerprint density at radius 3 is 2.50 bits per heavy atom. The van der Waals surface area contributed by atoms with Crippen molar-refractivity contribution in [1.29, 1.82) is 0 Å². The summed E-state index contributed by atoms with van der Waals surface area (Å²) in [5, 5.41) is 0. The molecule has 2 nitrogen and oxygen atoms in total. The van der Waals surface area contributed by atoms with Gasteiger partial charge >= 0.3 is 0 Å². The van der Waals surface area contributed by atoms with E-state index in [0.717, 1.165) is 16.6 Å². The van der Waals surface area contributed by atoms with Crippen molar-refractivity contribution in [2.45, 2.75) is 44.4 Å². The zero-order valence-electron chi connectivity index (χ0n) is 11.3. The van der Waals surface area contributed by atoms with Crippen molar-refractivity contribution in [2.24, 2.45) is 5.73 Å². The first-order valence-electron chi connectivity index (χ1n) is 6.74. The summed E-state index contributed by atoms with van der Waals surface area (Å²) in [4.78, 5) is 0. The van der Waals surface area contributed by atoms with Gasteiger partial charge in [0.1, 0.15) is 5.75 Å². The van der Waals surface area contributed by atoms with E-state index in [2.05, 4.69) is 35.0 Å². The molecule has 0 unspecified atom stereocenters. The zero-order chi connectivity index (χ0) is 13.2. The fourth-order valence-corrected chi connectivity index (χ4v) is 3.69. The highest BCUT2D eigenvalue weighted by molar-refractivity contribution is 9.10. The van der Waals surface area contributed by atoms with Gasteiger partial charge < -0.3 is 10.5 Å². The summed E-state index contributed by atoms with van der Waals surface area (Å²) in [7, 11) is 1.77. The zero-order valence-corrected chi connectivity index (χ0v) is 12.8. The lowest BCUT2D eigenvalue weighted by Gasteiger charge is -2.30. The molecule has 0 saturated heterocycles. The van der Waals surface area contributed by atoms with Crippen LogP contribution in [0.25, 0.3) is 0 Å². The highest BCUT2D eigenvalue weighted by Gasteiger charge is 2.37. The van der Waals surface area contributed by atoms with Crippen LogP contribution in [0.15, 0.2) is 16.6 Å². The first-order valence-corrected chi connectivity index (χ1v) is 7.53. The quantitative estimate of drug-likeness (QED) is 0.918. The molecule has 0 aliphatic heterocycles. The highest BCUT2D eigenvalue weighted by atomic mass is 79.9. The lowest BCUT2D eigenvalue weighted by Crippen LogP contribution is -2.32. The second kappa shape index (κ2) is 5.62. The van der Waals surface area contributed by atoms with E-state index < -0.39 is 0 Å². The Hall–Kier alpha value is -0.540. The molecule has 0 amide bonds. The molecule has 0 atom stereocenters. The van der Waals surface area contributed by atoms with Gasteiger partial charge in [-0.05, 0) is 37.0 Å². The van der Waals surface area contributed by atoms with Crippen molar-refractivity contribution in [3.63, 3.8) is 0 Å². The number of halogens is 1. The van der Waals surface area contributed by atoms with Crippen LogP contribution >= 0.6 is 15.9 Å². The monoisotopic (exact) mass is 311 g/mol. The molecule has 0 aromatic heterocycles. The van der Waals surface area contributed by atoms with Crippen molar-refractivity contribution >= 4 is 15.9 Å². The van der Waals surface area contributed by atoms with Crippen LogP contribution in [0, 0.1) is 0 Å². The Balaban J connectivity index is 2.57. The molecule has 2 rings (SSSR count). The van der Waals surface area contributed by atoms with Gasteiger partial charge in [0, 0.05) is 22.0 Å². The van der Waals surface area contributed by atoms with Crippen molar-refractivity contribution in [3.05, 3.63) is 27.7 Å². The van der Waals surface area contributed by atoms with E-state index in [1.165, 1.54) is 36.8 Å². The van der Waals surface area contributed by atoms with Crippen LogP contribution in [0.4, 0.5) is 0 Å². The molecule has 18 heavy (non-hydrogen) atoms. The topological polar surface area (TPSA) is 35.2 Å². The largest absolute Gasteiger partial charge is 0.496 e. The molecule has 3 heteroatoms. The lowest BCUT2D eigenvalue weighted by atomic mass is 9.77. The third-order valence-electron chi connectivity index (χ3n) is 4.24. The molecule has 1 aromatic carbocycles. The standard InChI is InChI=1S/C15H22BrNO/c1-3-11-8-12(16)9-13(14(11)18-2)15(10-17)6-4-5-7-15/h8-9H,3-7,10,17H2,1-2H3. The second-order valence-electron chi connectivity index (χ2n) is 5.19. The van der Waals surface area contributed by atoms with E-state index in [4.69, 9.17) is 10.5 Å². The molecule has 1 aromatic rings. The summed E-state index contributed by atoms with van der Waals surface area (Å²) in [6.45, 7) is 2.88. The molecule has 1 fully saturated rings. The predicted octanol–water partition coefficient (Wildman–Crippen LogP) is 3.79. The minimum atomic E-state index is 0.124. The van der Waals surface area contributed by atoms with E-state index in [9.17, 15) is 0 Å². The van der Waals surface area contributed by atoms with E-state index in [1.54, 1.807) is 7.11 Å². The minimum absolute atomic E-state index is 0.124. The van der Waals surface area contributed by atoms with E-state index in [0.29, 0.717) is 6.54 Å². The molecule has 0 radical (unpaired) electrons. The van der Waals surface area contributed by atoms with Crippen molar-refractivity contribution in [1.82, 2.24) is 0 Å². The fraction of sp³-hybridized carbons (Fsp3) is 0.600. The Morgan fingerprint density at radius 2 is 2.00 bits per heavy atom. The van der Waals surface area contributed by atoms with Crippen molar-refractivity contribution in [3.8, 4) is 5.75 Å². The average Bonchev–Trinajstić information content (AvgIpc) is 2.87. The average molecular weight is 312 g/mol. The predicted molar refractivity (Wildman–Crippen MR) is 79.3 cm³/mol. The fourth-order valence-electron chi connectivity index (χ4n) is 3.18. The molecular formula is C15H22BrNO. The summed E-state index contributed by atoms with van der Waals surface area (Å²) in [6, 6.07) is 4.36. The number of hydrogen-bond acceptors (Lipinski definition) is 2. The molecular weight excluding hydrogens is 290 g/mol. The second-order valence-corrected chi connectivity index (χ2v) is 6.11. The molecule has 100 valence electrons. The number of aryl methyl sites for hydroxylation is 1. The summed E-state index contributed by atoms with van der Waals surface area (Å²) in [5.74, 6) is 1.05. The molecule has 0 heterocycles. The van der Waals surface area contributed by atoms with Gasteiger partial charge in [0.25, 0.3) is 0 Å². The van der Waals surface area contributed by atoms with Crippen LogP contribution in [-0.2, 0) is 11.8 Å². The molecule has 1 aliphatic rings. The van der Waals surface area contributed by atoms with Gasteiger partial charge in [0.2, 0.25) is 0 Å². The van der Waals surface area contributed by atoms with Gasteiger partial charge in [0.15, 0.2) is 0 Å². The van der Waals surface area contributed by atoms with Gasteiger partial charge in [-0.3, -0.25) is 0 Å². The number of rotatable bonds is 4. The summed E-state index contributed by atoms with van der Waals surface area (Å²) in [6.07, 6.45) is 5.89. The summed E-state index contributed by atoms with van der Waals surface area (Å²) < 4.78 is 6.82. The van der Waals surface area contributed by atoms with Crippen LogP contribution in [-0.4, -0.2) is 13.7 Å². The Bertz CT molecular complexity index is 425. The van der Waals surface area contributed by atoms with Gasteiger partial charge in [0.05, 0.1) is 7.11 Å². The van der Waals surface area contributed by atoms with Gasteiger partial charge in [-0.15, -0.1) is 0 Å². The first-order chi connectivity index (χ1) is 8.66. The maximum atomic E-state index is 6.10. The van der Waals surface area contributed by atoms with Crippen LogP contribution in [0.1, 0.15) is 43.7 Å².